The van der Waals surface area contributed by atoms with Crippen molar-refractivity contribution in [3.63, 3.8) is 0 Å². The summed E-state index contributed by atoms with van der Waals surface area (Å²) in [6.45, 7) is 2.55. The van der Waals surface area contributed by atoms with E-state index in [1.165, 1.54) is 37.0 Å². The second-order valence-corrected chi connectivity index (χ2v) is 10.2. The first kappa shape index (κ1) is 30.0. The SMILES string of the molecule is COC[C@H](c1cnn2cc([C@H](CC(C)(C)C(F)(F)F)NC(=O)c3nonc3C)nc2c1)N1C[C@@H](C(F)(F)F)NC1=O. The van der Waals surface area contributed by atoms with Crippen molar-refractivity contribution < 1.29 is 45.3 Å². The molecule has 1 aliphatic heterocycles. The molecule has 0 saturated carbocycles. The summed E-state index contributed by atoms with van der Waals surface area (Å²) in [6.07, 6.45) is -7.29. The molecule has 0 spiro atoms. The predicted octanol–water partition coefficient (Wildman–Crippen LogP) is 3.51. The van der Waals surface area contributed by atoms with Gasteiger partial charge in [-0.25, -0.2) is 18.9 Å². The van der Waals surface area contributed by atoms with Gasteiger partial charge in [0.2, 0.25) is 0 Å². The third-order valence-corrected chi connectivity index (χ3v) is 6.79. The van der Waals surface area contributed by atoms with Gasteiger partial charge in [0.1, 0.15) is 11.7 Å². The number of nitrogens with zero attached hydrogens (tertiary/aromatic N) is 6. The van der Waals surface area contributed by atoms with Crippen LogP contribution in [0.3, 0.4) is 0 Å². The second-order valence-electron chi connectivity index (χ2n) is 10.2. The Balaban J connectivity index is 1.68. The largest absolute Gasteiger partial charge is 0.410 e. The molecule has 18 heteroatoms. The average Bonchev–Trinajstić information content (AvgIpc) is 3.58. The fourth-order valence-electron chi connectivity index (χ4n) is 4.32. The normalized spacial score (nSPS) is 18.0. The summed E-state index contributed by atoms with van der Waals surface area (Å²) in [5.41, 5.74) is -1.94. The lowest BCUT2D eigenvalue weighted by atomic mass is 9.84. The first-order valence-corrected chi connectivity index (χ1v) is 12.2. The highest BCUT2D eigenvalue weighted by Gasteiger charge is 2.50. The lowest BCUT2D eigenvalue weighted by molar-refractivity contribution is -0.215. The van der Waals surface area contributed by atoms with Gasteiger partial charge in [-0.05, 0) is 24.6 Å². The van der Waals surface area contributed by atoms with Gasteiger partial charge in [0.05, 0.1) is 48.7 Å². The molecule has 41 heavy (non-hydrogen) atoms. The van der Waals surface area contributed by atoms with Crippen molar-refractivity contribution in [2.24, 2.45) is 5.41 Å². The first-order valence-electron chi connectivity index (χ1n) is 12.2. The molecule has 0 aliphatic carbocycles. The number of carbonyl (C=O) groups excluding carboxylic acids is 2. The van der Waals surface area contributed by atoms with Crippen molar-refractivity contribution in [1.82, 2.24) is 40.4 Å². The molecular formula is C23H26F6N8O4. The van der Waals surface area contributed by atoms with Crippen molar-refractivity contribution in [3.8, 4) is 0 Å². The highest BCUT2D eigenvalue weighted by atomic mass is 19.4. The maximum atomic E-state index is 13.8. The van der Waals surface area contributed by atoms with Crippen molar-refractivity contribution in [2.75, 3.05) is 20.3 Å². The molecule has 2 N–H and O–H groups in total. The highest BCUT2D eigenvalue weighted by molar-refractivity contribution is 5.93. The van der Waals surface area contributed by atoms with Crippen LogP contribution in [-0.2, 0) is 4.74 Å². The van der Waals surface area contributed by atoms with Gasteiger partial charge in [0, 0.05) is 12.7 Å². The number of fused-ring (bicyclic) bond motifs is 1. The molecule has 12 nitrogen and oxygen atoms in total. The number of alkyl halides is 6. The molecule has 0 unspecified atom stereocenters. The van der Waals surface area contributed by atoms with Crippen LogP contribution in [-0.4, -0.2) is 80.4 Å². The summed E-state index contributed by atoms with van der Waals surface area (Å²) in [7, 11) is 1.31. The summed E-state index contributed by atoms with van der Waals surface area (Å²) in [5.74, 6) is -0.836. The lowest BCUT2D eigenvalue weighted by Gasteiger charge is -2.31. The van der Waals surface area contributed by atoms with Crippen LogP contribution in [0.1, 0.15) is 59.8 Å². The lowest BCUT2D eigenvalue weighted by Crippen LogP contribution is -2.40. The number of urea groups is 1. The Morgan fingerprint density at radius 1 is 1.24 bits per heavy atom. The topological polar surface area (TPSA) is 140 Å². The minimum absolute atomic E-state index is 0.0220. The molecule has 3 aromatic rings. The van der Waals surface area contributed by atoms with E-state index in [-0.39, 0.29) is 34.9 Å². The number of amides is 3. The number of hydrogen-bond donors (Lipinski definition) is 2. The number of imidazole rings is 1. The molecule has 0 radical (unpaired) electrons. The number of methoxy groups -OCH3 is 1. The van der Waals surface area contributed by atoms with Crippen LogP contribution >= 0.6 is 0 Å². The molecule has 1 aliphatic rings. The molecular weight excluding hydrogens is 566 g/mol. The number of aryl methyl sites for hydroxylation is 1. The van der Waals surface area contributed by atoms with E-state index in [0.29, 0.717) is 0 Å². The molecule has 1 fully saturated rings. The number of aromatic nitrogens is 5. The zero-order chi connectivity index (χ0) is 30.3. The molecule has 224 valence electrons. The van der Waals surface area contributed by atoms with Crippen molar-refractivity contribution in [3.05, 3.63) is 41.1 Å². The smallest absolute Gasteiger partial charge is 0.382 e. The van der Waals surface area contributed by atoms with Crippen LogP contribution < -0.4 is 10.6 Å². The average molecular weight is 593 g/mol. The van der Waals surface area contributed by atoms with E-state index < -0.39 is 60.8 Å². The first-order chi connectivity index (χ1) is 19.0. The fourth-order valence-corrected chi connectivity index (χ4v) is 4.32. The Bertz CT molecular complexity index is 1420. The van der Waals surface area contributed by atoms with Gasteiger partial charge in [0.25, 0.3) is 5.91 Å². The number of hydrogen-bond acceptors (Lipinski definition) is 8. The Kier molecular flexibility index (Phi) is 7.90. The second kappa shape index (κ2) is 10.8. The maximum absolute atomic E-state index is 13.8. The molecule has 3 atom stereocenters. The number of nitrogens with one attached hydrogen (secondary N) is 2. The predicted molar refractivity (Wildman–Crippen MR) is 126 cm³/mol. The quantitative estimate of drug-likeness (QED) is 0.360. The Labute approximate surface area is 228 Å². The zero-order valence-corrected chi connectivity index (χ0v) is 22.2. The van der Waals surface area contributed by atoms with Gasteiger partial charge in [0.15, 0.2) is 11.3 Å². The standard InChI is InChI=1S/C23H26F6N8O4/c1-11-18(35-41-34-11)19(38)32-13(6-21(2,3)23(27,28)29)14-8-37-17(31-14)5-12(7-30-37)15(10-40-4)36-9-16(22(24,25)26)33-20(36)39/h5,7-8,13,15-16H,6,9-10H2,1-4H3,(H,32,38)(H,33,39)/t13-,15+,16-/m0/s1. The third-order valence-electron chi connectivity index (χ3n) is 6.79. The summed E-state index contributed by atoms with van der Waals surface area (Å²) in [4.78, 5) is 30.5. The molecule has 4 heterocycles. The number of rotatable bonds is 9. The van der Waals surface area contributed by atoms with E-state index in [1.54, 1.807) is 0 Å². The monoisotopic (exact) mass is 592 g/mol. The number of carbonyl (C=O) groups is 2. The molecule has 4 rings (SSSR count). The fraction of sp³-hybridized carbons (Fsp3) is 0.565. The van der Waals surface area contributed by atoms with Gasteiger partial charge >= 0.3 is 18.4 Å². The molecule has 0 aromatic carbocycles. The molecule has 1 saturated heterocycles. The third kappa shape index (κ3) is 6.20. The Hall–Kier alpha value is -3.96. The van der Waals surface area contributed by atoms with E-state index in [9.17, 15) is 35.9 Å². The highest BCUT2D eigenvalue weighted by Crippen LogP contribution is 2.44. The van der Waals surface area contributed by atoms with Crippen LogP contribution in [0.15, 0.2) is 23.1 Å². The summed E-state index contributed by atoms with van der Waals surface area (Å²) in [5, 5.41) is 15.6. The molecule has 0 bridgehead atoms. The van der Waals surface area contributed by atoms with Gasteiger partial charge in [-0.2, -0.15) is 31.4 Å². The van der Waals surface area contributed by atoms with Crippen LogP contribution in [0.4, 0.5) is 31.1 Å². The molecule has 3 aromatic heterocycles. The Morgan fingerprint density at radius 3 is 2.51 bits per heavy atom. The summed E-state index contributed by atoms with van der Waals surface area (Å²) < 4.78 is 91.9. The van der Waals surface area contributed by atoms with Crippen molar-refractivity contribution >= 4 is 17.6 Å². The number of halogens is 6. The summed E-state index contributed by atoms with van der Waals surface area (Å²) in [6, 6.07) is -3.85. The maximum Gasteiger partial charge on any atom is 0.410 e. The van der Waals surface area contributed by atoms with Crippen LogP contribution in [0.2, 0.25) is 0 Å². The van der Waals surface area contributed by atoms with Crippen molar-refractivity contribution in [1.29, 1.82) is 0 Å². The van der Waals surface area contributed by atoms with Crippen molar-refractivity contribution in [2.45, 2.75) is 57.7 Å². The van der Waals surface area contributed by atoms with Gasteiger partial charge in [-0.3, -0.25) is 4.79 Å². The zero-order valence-electron chi connectivity index (χ0n) is 22.2. The van der Waals surface area contributed by atoms with Crippen LogP contribution in [0.5, 0.6) is 0 Å². The van der Waals surface area contributed by atoms with E-state index in [1.807, 2.05) is 5.32 Å². The van der Waals surface area contributed by atoms with Gasteiger partial charge in [-0.1, -0.05) is 19.0 Å². The van der Waals surface area contributed by atoms with E-state index in [0.717, 1.165) is 18.7 Å². The van der Waals surface area contributed by atoms with Crippen LogP contribution in [0.25, 0.3) is 5.65 Å². The van der Waals surface area contributed by atoms with Gasteiger partial charge in [-0.15, -0.1) is 0 Å². The molecule has 3 amide bonds. The van der Waals surface area contributed by atoms with E-state index in [2.05, 4.69) is 30.3 Å². The van der Waals surface area contributed by atoms with Gasteiger partial charge < -0.3 is 20.3 Å². The van der Waals surface area contributed by atoms with E-state index >= 15 is 0 Å². The number of ether oxygens (including phenoxy) is 1. The summed E-state index contributed by atoms with van der Waals surface area (Å²) >= 11 is 0. The van der Waals surface area contributed by atoms with Crippen LogP contribution in [0, 0.1) is 12.3 Å². The Morgan fingerprint density at radius 2 is 1.95 bits per heavy atom. The minimum Gasteiger partial charge on any atom is -0.382 e. The van der Waals surface area contributed by atoms with E-state index in [4.69, 9.17) is 4.74 Å². The minimum atomic E-state index is -4.66.